The Morgan fingerprint density at radius 2 is 2.37 bits per heavy atom. The maximum absolute atomic E-state index is 13.5. The Kier molecular flexibility index (Phi) is 4.50. The van der Waals surface area contributed by atoms with Crippen LogP contribution in [0, 0.1) is 5.82 Å². The summed E-state index contributed by atoms with van der Waals surface area (Å²) in [4.78, 5) is 14.2. The second-order valence-corrected chi connectivity index (χ2v) is 4.79. The summed E-state index contributed by atoms with van der Waals surface area (Å²) in [6, 6.07) is 4.59. The van der Waals surface area contributed by atoms with Gasteiger partial charge in [-0.15, -0.1) is 0 Å². The molecular formula is C14H19FN2O2. The second kappa shape index (κ2) is 6.12. The van der Waals surface area contributed by atoms with Crippen molar-refractivity contribution in [3.8, 4) is 0 Å². The van der Waals surface area contributed by atoms with Crippen molar-refractivity contribution in [2.75, 3.05) is 26.7 Å². The molecule has 1 amide bonds. The molecule has 1 saturated heterocycles. The van der Waals surface area contributed by atoms with Crippen LogP contribution in [-0.2, 0) is 11.3 Å². The molecule has 0 radical (unpaired) electrons. The number of hydrogen-bond donors (Lipinski definition) is 1. The first-order valence-electron chi connectivity index (χ1n) is 6.42. The highest BCUT2D eigenvalue weighted by Crippen LogP contribution is 2.15. The van der Waals surface area contributed by atoms with Crippen molar-refractivity contribution < 1.29 is 13.9 Å². The molecule has 4 nitrogen and oxygen atoms in total. The van der Waals surface area contributed by atoms with Crippen LogP contribution in [-0.4, -0.2) is 43.6 Å². The molecule has 1 atom stereocenters. The van der Waals surface area contributed by atoms with E-state index in [4.69, 9.17) is 4.74 Å². The fraction of sp³-hybridized carbons (Fsp3) is 0.500. The van der Waals surface area contributed by atoms with Crippen LogP contribution in [0.3, 0.4) is 0 Å². The van der Waals surface area contributed by atoms with E-state index in [0.29, 0.717) is 17.7 Å². The molecule has 1 fully saturated rings. The van der Waals surface area contributed by atoms with Gasteiger partial charge in [-0.25, -0.2) is 4.39 Å². The van der Waals surface area contributed by atoms with Crippen LogP contribution in [0.1, 0.15) is 22.8 Å². The van der Waals surface area contributed by atoms with Gasteiger partial charge in [0.05, 0.1) is 6.61 Å². The zero-order valence-corrected chi connectivity index (χ0v) is 11.3. The highest BCUT2D eigenvalue weighted by Gasteiger charge is 2.24. The van der Waals surface area contributed by atoms with Crippen molar-refractivity contribution in [2.24, 2.45) is 0 Å². The van der Waals surface area contributed by atoms with E-state index in [9.17, 15) is 9.18 Å². The van der Waals surface area contributed by atoms with Gasteiger partial charge in [0.2, 0.25) is 0 Å². The number of rotatable bonds is 3. The second-order valence-electron chi connectivity index (χ2n) is 4.79. The van der Waals surface area contributed by atoms with Gasteiger partial charge >= 0.3 is 0 Å². The maximum atomic E-state index is 13.5. The van der Waals surface area contributed by atoms with Crippen molar-refractivity contribution in [2.45, 2.75) is 19.6 Å². The molecule has 2 rings (SSSR count). The monoisotopic (exact) mass is 266 g/mol. The van der Waals surface area contributed by atoms with Crippen LogP contribution in [0.4, 0.5) is 4.39 Å². The van der Waals surface area contributed by atoms with Crippen molar-refractivity contribution in [1.29, 1.82) is 0 Å². The Balaban J connectivity index is 2.20. The van der Waals surface area contributed by atoms with Gasteiger partial charge in [0.1, 0.15) is 5.82 Å². The Hall–Kier alpha value is -1.46. The van der Waals surface area contributed by atoms with E-state index in [0.717, 1.165) is 13.1 Å². The summed E-state index contributed by atoms with van der Waals surface area (Å²) in [7, 11) is 1.51. The fourth-order valence-corrected chi connectivity index (χ4v) is 2.28. The minimum Gasteiger partial charge on any atom is -0.380 e. The van der Waals surface area contributed by atoms with Gasteiger partial charge in [-0.2, -0.15) is 0 Å². The average molecular weight is 266 g/mol. The smallest absolute Gasteiger partial charge is 0.254 e. The molecule has 0 aliphatic carbocycles. The highest BCUT2D eigenvalue weighted by molar-refractivity contribution is 5.94. The van der Waals surface area contributed by atoms with Crippen molar-refractivity contribution in [3.05, 3.63) is 35.1 Å². The molecule has 104 valence electrons. The number of methoxy groups -OCH3 is 1. The van der Waals surface area contributed by atoms with Crippen LogP contribution in [0.2, 0.25) is 0 Å². The zero-order valence-electron chi connectivity index (χ0n) is 11.3. The molecule has 1 N–H and O–H groups in total. The van der Waals surface area contributed by atoms with Gasteiger partial charge in [-0.1, -0.05) is 0 Å². The third-order valence-electron chi connectivity index (χ3n) is 3.35. The minimum atomic E-state index is -0.341. The van der Waals surface area contributed by atoms with Crippen molar-refractivity contribution in [3.63, 3.8) is 0 Å². The summed E-state index contributed by atoms with van der Waals surface area (Å²) in [6.07, 6.45) is 0. The van der Waals surface area contributed by atoms with Crippen LogP contribution >= 0.6 is 0 Å². The first-order valence-corrected chi connectivity index (χ1v) is 6.42. The third-order valence-corrected chi connectivity index (χ3v) is 3.35. The van der Waals surface area contributed by atoms with Crippen molar-refractivity contribution >= 4 is 5.91 Å². The Labute approximate surface area is 112 Å². The number of carbonyl (C=O) groups is 1. The van der Waals surface area contributed by atoms with Gasteiger partial charge < -0.3 is 15.0 Å². The third kappa shape index (κ3) is 3.11. The highest BCUT2D eigenvalue weighted by atomic mass is 19.1. The van der Waals surface area contributed by atoms with Crippen LogP contribution in [0.5, 0.6) is 0 Å². The number of amides is 1. The number of carbonyl (C=O) groups excluding carboxylic acids is 1. The standard InChI is InChI=1S/C14H19FN2O2/c1-10-8-16-5-6-17(10)14(18)11-3-4-13(15)12(7-11)9-19-2/h3-4,7,10,16H,5-6,8-9H2,1-2H3/t10-/m1/s1. The molecule has 1 aliphatic rings. The molecule has 0 unspecified atom stereocenters. The first kappa shape index (κ1) is 14.0. The van der Waals surface area contributed by atoms with Gasteiger partial charge in [0, 0.05) is 43.9 Å². The molecule has 1 aromatic rings. The predicted molar refractivity (Wildman–Crippen MR) is 70.5 cm³/mol. The minimum absolute atomic E-state index is 0.0497. The predicted octanol–water partition coefficient (Wildman–Crippen LogP) is 1.41. The number of piperazine rings is 1. The van der Waals surface area contributed by atoms with Gasteiger partial charge in [-0.3, -0.25) is 4.79 Å². The van der Waals surface area contributed by atoms with E-state index in [1.165, 1.54) is 19.2 Å². The molecule has 5 heteroatoms. The number of hydrogen-bond acceptors (Lipinski definition) is 3. The summed E-state index contributed by atoms with van der Waals surface area (Å²) in [6.45, 7) is 4.44. The number of ether oxygens (including phenoxy) is 1. The van der Waals surface area contributed by atoms with Crippen molar-refractivity contribution in [1.82, 2.24) is 10.2 Å². The van der Waals surface area contributed by atoms with Gasteiger partial charge in [-0.05, 0) is 25.1 Å². The molecule has 1 heterocycles. The van der Waals surface area contributed by atoms with Crippen LogP contribution in [0.15, 0.2) is 18.2 Å². The summed E-state index contributed by atoms with van der Waals surface area (Å²) in [5.41, 5.74) is 0.929. The summed E-state index contributed by atoms with van der Waals surface area (Å²) in [5, 5.41) is 3.24. The van der Waals surface area contributed by atoms with Crippen LogP contribution < -0.4 is 5.32 Å². The number of nitrogens with one attached hydrogen (secondary N) is 1. The number of halogens is 1. The first-order chi connectivity index (χ1) is 9.13. The normalized spacial score (nSPS) is 19.5. The number of benzene rings is 1. The lowest BCUT2D eigenvalue weighted by Crippen LogP contribution is -2.52. The van der Waals surface area contributed by atoms with E-state index in [-0.39, 0.29) is 24.4 Å². The Morgan fingerprint density at radius 3 is 3.05 bits per heavy atom. The molecule has 0 aromatic heterocycles. The molecule has 0 spiro atoms. The Morgan fingerprint density at radius 1 is 1.58 bits per heavy atom. The van der Waals surface area contributed by atoms with E-state index in [2.05, 4.69) is 5.32 Å². The lowest BCUT2D eigenvalue weighted by molar-refractivity contribution is 0.0655. The largest absolute Gasteiger partial charge is 0.380 e. The molecule has 1 aliphatic heterocycles. The quantitative estimate of drug-likeness (QED) is 0.899. The molecular weight excluding hydrogens is 247 g/mol. The van der Waals surface area contributed by atoms with Gasteiger partial charge in [0.15, 0.2) is 0 Å². The lowest BCUT2D eigenvalue weighted by Gasteiger charge is -2.34. The SMILES string of the molecule is COCc1cc(C(=O)N2CCNC[C@H]2C)ccc1F. The van der Waals surface area contributed by atoms with E-state index in [1.807, 2.05) is 11.8 Å². The summed E-state index contributed by atoms with van der Waals surface area (Å²) < 4.78 is 18.5. The summed E-state index contributed by atoms with van der Waals surface area (Å²) >= 11 is 0. The molecule has 19 heavy (non-hydrogen) atoms. The van der Waals surface area contributed by atoms with E-state index in [1.54, 1.807) is 6.07 Å². The summed E-state index contributed by atoms with van der Waals surface area (Å²) in [5.74, 6) is -0.391. The molecule has 1 aromatic carbocycles. The average Bonchev–Trinajstić information content (AvgIpc) is 2.41. The van der Waals surface area contributed by atoms with Crippen LogP contribution in [0.25, 0.3) is 0 Å². The molecule has 0 saturated carbocycles. The fourth-order valence-electron chi connectivity index (χ4n) is 2.28. The maximum Gasteiger partial charge on any atom is 0.254 e. The Bertz CT molecular complexity index is 465. The van der Waals surface area contributed by atoms with E-state index >= 15 is 0 Å². The topological polar surface area (TPSA) is 41.6 Å². The van der Waals surface area contributed by atoms with E-state index < -0.39 is 0 Å². The molecule has 0 bridgehead atoms. The van der Waals surface area contributed by atoms with Gasteiger partial charge in [0.25, 0.3) is 5.91 Å². The number of nitrogens with zero attached hydrogens (tertiary/aromatic N) is 1. The lowest BCUT2D eigenvalue weighted by atomic mass is 10.1. The zero-order chi connectivity index (χ0) is 13.8.